The van der Waals surface area contributed by atoms with E-state index in [1.807, 2.05) is 11.3 Å². The van der Waals surface area contributed by atoms with E-state index in [1.165, 1.54) is 130 Å². The summed E-state index contributed by atoms with van der Waals surface area (Å²) in [5.74, 6) is 0. The van der Waals surface area contributed by atoms with E-state index in [-0.39, 0.29) is 5.41 Å². The van der Waals surface area contributed by atoms with E-state index < -0.39 is 0 Å². The molecule has 0 unspecified atom stereocenters. The zero-order valence-corrected chi connectivity index (χ0v) is 34.2. The molecule has 1 heterocycles. The average molecular weight is 779 g/mol. The van der Waals surface area contributed by atoms with Gasteiger partial charge in [0.05, 0.1) is 0 Å². The number of hydrogen-bond donors (Lipinski definition) is 0. The Hall–Kier alpha value is -7.06. The van der Waals surface area contributed by atoms with Gasteiger partial charge in [0.15, 0.2) is 0 Å². The molecule has 0 atom stereocenters. The van der Waals surface area contributed by atoms with Crippen LogP contribution < -0.4 is 0 Å². The fourth-order valence-corrected chi connectivity index (χ4v) is 11.9. The molecule has 1 heteroatoms. The first kappa shape index (κ1) is 33.9. The standard InChI is InChI=1S/C59H38S/c1-59(2)52-33-41(26-27-44(52)50-28-29-53-57(58(50)59)51-32-36-13-3-4-14-37(36)34-54(51)60-53)39-22-23-40-31-42(25-24-38(40)30-39)55-46-17-7-9-19-48(46)56(49-20-10-8-18-47(49)55)45-21-11-15-35-12-5-6-16-43(35)45/h3-34H,1-2H3. The maximum Gasteiger partial charge on any atom is 0.0361 e. The van der Waals surface area contributed by atoms with Gasteiger partial charge in [-0.05, 0) is 146 Å². The van der Waals surface area contributed by atoms with Crippen LogP contribution in [0.25, 0.3) is 119 Å². The topological polar surface area (TPSA) is 0 Å². The maximum absolute atomic E-state index is 2.47. The van der Waals surface area contributed by atoms with Crippen LogP contribution in [0.1, 0.15) is 25.0 Å². The SMILES string of the molecule is CC1(C)c2cc(-c3ccc4cc(-c5c6ccccc6c(-c6cccc7ccccc67)c6ccccc56)ccc4c3)ccc2-c2ccc3sc4cc5ccccc5cc4c3c21. The average Bonchev–Trinajstić information content (AvgIpc) is 3.76. The van der Waals surface area contributed by atoms with E-state index in [0.717, 1.165) is 0 Å². The summed E-state index contributed by atoms with van der Waals surface area (Å²) >= 11 is 1.92. The Bertz CT molecular complexity index is 3740. The normalized spacial score (nSPS) is 13.3. The smallest absolute Gasteiger partial charge is 0.0361 e. The highest BCUT2D eigenvalue weighted by Gasteiger charge is 2.38. The summed E-state index contributed by atoms with van der Waals surface area (Å²) in [6.07, 6.45) is 0. The molecule has 0 amide bonds. The highest BCUT2D eigenvalue weighted by molar-refractivity contribution is 7.26. The van der Waals surface area contributed by atoms with Gasteiger partial charge in [-0.2, -0.15) is 0 Å². The minimum Gasteiger partial charge on any atom is -0.135 e. The molecule has 0 nitrogen and oxygen atoms in total. The van der Waals surface area contributed by atoms with Crippen LogP contribution in [-0.4, -0.2) is 0 Å². The van der Waals surface area contributed by atoms with Gasteiger partial charge >= 0.3 is 0 Å². The minimum atomic E-state index is -0.139. The summed E-state index contributed by atoms with van der Waals surface area (Å²) in [6, 6.07) is 72.9. The first-order chi connectivity index (χ1) is 29.5. The molecule has 0 aliphatic heterocycles. The second-order valence-corrected chi connectivity index (χ2v) is 18.3. The maximum atomic E-state index is 2.47. The van der Waals surface area contributed by atoms with E-state index in [2.05, 4.69) is 208 Å². The van der Waals surface area contributed by atoms with Crippen molar-refractivity contribution in [2.75, 3.05) is 0 Å². The molecular formula is C59H38S. The molecule has 0 fully saturated rings. The fourth-order valence-electron chi connectivity index (χ4n) is 10.8. The molecule has 0 bridgehead atoms. The summed E-state index contributed by atoms with van der Waals surface area (Å²) in [5.41, 5.74) is 13.1. The molecule has 0 N–H and O–H groups in total. The molecular weight excluding hydrogens is 741 g/mol. The third kappa shape index (κ3) is 4.79. The largest absolute Gasteiger partial charge is 0.135 e. The van der Waals surface area contributed by atoms with Gasteiger partial charge in [0, 0.05) is 25.6 Å². The molecule has 60 heavy (non-hydrogen) atoms. The van der Waals surface area contributed by atoms with Crippen LogP contribution in [0.4, 0.5) is 0 Å². The Balaban J connectivity index is 0.922. The molecule has 1 aromatic heterocycles. The van der Waals surface area contributed by atoms with Crippen LogP contribution >= 0.6 is 11.3 Å². The molecule has 12 aromatic rings. The summed E-state index contributed by atoms with van der Waals surface area (Å²) < 4.78 is 2.74. The Kier molecular flexibility index (Phi) is 7.04. The van der Waals surface area contributed by atoms with Crippen LogP contribution in [-0.2, 0) is 5.41 Å². The zero-order chi connectivity index (χ0) is 39.7. The molecule has 0 spiro atoms. The van der Waals surface area contributed by atoms with Gasteiger partial charge in [-0.25, -0.2) is 0 Å². The van der Waals surface area contributed by atoms with Gasteiger partial charge in [-0.3, -0.25) is 0 Å². The van der Waals surface area contributed by atoms with Gasteiger partial charge in [-0.1, -0.05) is 172 Å². The summed E-state index contributed by atoms with van der Waals surface area (Å²) in [5, 5.41) is 15.6. The lowest BCUT2D eigenvalue weighted by Gasteiger charge is -2.23. The molecule has 1 aliphatic carbocycles. The predicted molar refractivity (Wildman–Crippen MR) is 261 cm³/mol. The van der Waals surface area contributed by atoms with E-state index >= 15 is 0 Å². The Morgan fingerprint density at radius 3 is 1.60 bits per heavy atom. The Labute approximate surface area is 352 Å². The van der Waals surface area contributed by atoms with Crippen molar-refractivity contribution in [3.05, 3.63) is 205 Å². The van der Waals surface area contributed by atoms with Crippen LogP contribution in [0.5, 0.6) is 0 Å². The van der Waals surface area contributed by atoms with Gasteiger partial charge in [0.2, 0.25) is 0 Å². The van der Waals surface area contributed by atoms with Crippen molar-refractivity contribution < 1.29 is 0 Å². The van der Waals surface area contributed by atoms with Gasteiger partial charge in [0.1, 0.15) is 0 Å². The second-order valence-electron chi connectivity index (χ2n) is 17.2. The van der Waals surface area contributed by atoms with E-state index in [1.54, 1.807) is 0 Å². The van der Waals surface area contributed by atoms with E-state index in [9.17, 15) is 0 Å². The Morgan fingerprint density at radius 1 is 0.333 bits per heavy atom. The predicted octanol–water partition coefficient (Wildman–Crippen LogP) is 17.1. The van der Waals surface area contributed by atoms with Gasteiger partial charge in [0.25, 0.3) is 0 Å². The monoisotopic (exact) mass is 778 g/mol. The van der Waals surface area contributed by atoms with Crippen molar-refractivity contribution in [1.29, 1.82) is 0 Å². The van der Waals surface area contributed by atoms with Crippen molar-refractivity contribution in [3.63, 3.8) is 0 Å². The Morgan fingerprint density at radius 2 is 0.867 bits per heavy atom. The third-order valence-corrected chi connectivity index (χ3v) is 14.7. The number of benzene rings is 11. The van der Waals surface area contributed by atoms with Crippen molar-refractivity contribution in [3.8, 4) is 44.5 Å². The molecule has 0 radical (unpaired) electrons. The van der Waals surface area contributed by atoms with Crippen molar-refractivity contribution in [2.45, 2.75) is 19.3 Å². The number of fused-ring (bicyclic) bond motifs is 12. The quantitative estimate of drug-likeness (QED) is 0.157. The fraction of sp³-hybridized carbons (Fsp3) is 0.0508. The lowest BCUT2D eigenvalue weighted by molar-refractivity contribution is 0.667. The number of rotatable bonds is 3. The highest BCUT2D eigenvalue weighted by Crippen LogP contribution is 2.55. The van der Waals surface area contributed by atoms with Crippen molar-refractivity contribution >= 4 is 85.4 Å². The molecule has 0 saturated carbocycles. The zero-order valence-electron chi connectivity index (χ0n) is 33.4. The van der Waals surface area contributed by atoms with Crippen LogP contribution in [0.15, 0.2) is 194 Å². The molecule has 280 valence electrons. The van der Waals surface area contributed by atoms with Crippen molar-refractivity contribution in [2.24, 2.45) is 0 Å². The number of thiophene rings is 1. The number of hydrogen-bond acceptors (Lipinski definition) is 1. The first-order valence-corrected chi connectivity index (χ1v) is 21.8. The van der Waals surface area contributed by atoms with Gasteiger partial charge in [-0.15, -0.1) is 11.3 Å². The lowest BCUT2D eigenvalue weighted by atomic mass is 9.79. The highest BCUT2D eigenvalue weighted by atomic mass is 32.1. The third-order valence-electron chi connectivity index (χ3n) is 13.6. The van der Waals surface area contributed by atoms with E-state index in [0.29, 0.717) is 0 Å². The first-order valence-electron chi connectivity index (χ1n) is 21.0. The van der Waals surface area contributed by atoms with Crippen LogP contribution in [0.3, 0.4) is 0 Å². The molecule has 1 aliphatic rings. The molecule has 13 rings (SSSR count). The van der Waals surface area contributed by atoms with E-state index in [4.69, 9.17) is 0 Å². The van der Waals surface area contributed by atoms with Gasteiger partial charge < -0.3 is 0 Å². The summed E-state index contributed by atoms with van der Waals surface area (Å²) in [4.78, 5) is 0. The molecule has 0 saturated heterocycles. The summed E-state index contributed by atoms with van der Waals surface area (Å²) in [6.45, 7) is 4.85. The van der Waals surface area contributed by atoms with Crippen molar-refractivity contribution in [1.82, 2.24) is 0 Å². The summed E-state index contributed by atoms with van der Waals surface area (Å²) in [7, 11) is 0. The second kappa shape index (κ2) is 12.5. The lowest BCUT2D eigenvalue weighted by Crippen LogP contribution is -2.15. The van der Waals surface area contributed by atoms with Crippen LogP contribution in [0.2, 0.25) is 0 Å². The molecule has 11 aromatic carbocycles. The van der Waals surface area contributed by atoms with Crippen LogP contribution in [0, 0.1) is 0 Å². The minimum absolute atomic E-state index is 0.139.